The Balaban J connectivity index is 2.25. The lowest BCUT2D eigenvalue weighted by molar-refractivity contribution is 0.102. The van der Waals surface area contributed by atoms with Crippen LogP contribution in [0.1, 0.15) is 15.9 Å². The molecule has 0 radical (unpaired) electrons. The minimum Gasteiger partial charge on any atom is -0.508 e. The van der Waals surface area contributed by atoms with Gasteiger partial charge in [0.15, 0.2) is 0 Å². The fourth-order valence-electron chi connectivity index (χ4n) is 1.72. The predicted molar refractivity (Wildman–Crippen MR) is 71.6 cm³/mol. The van der Waals surface area contributed by atoms with Crippen LogP contribution in [0.15, 0.2) is 36.4 Å². The highest BCUT2D eigenvalue weighted by Crippen LogP contribution is 2.22. The zero-order valence-corrected chi connectivity index (χ0v) is 10.3. The molecule has 0 aliphatic rings. The Bertz CT molecular complexity index is 641. The smallest absolute Gasteiger partial charge is 0.257 e. The van der Waals surface area contributed by atoms with Gasteiger partial charge in [-0.05, 0) is 48.9 Å². The maximum atomic E-state index is 12.9. The molecule has 1 amide bonds. The fourth-order valence-corrected chi connectivity index (χ4v) is 1.72. The number of aromatic hydroxyl groups is 1. The first-order chi connectivity index (χ1) is 8.97. The Labute approximate surface area is 109 Å². The number of phenols is 1. The molecule has 0 aliphatic carbocycles. The first-order valence-corrected chi connectivity index (χ1v) is 5.63. The third kappa shape index (κ3) is 2.82. The van der Waals surface area contributed by atoms with E-state index in [0.29, 0.717) is 11.3 Å². The van der Waals surface area contributed by atoms with E-state index in [1.54, 1.807) is 13.0 Å². The van der Waals surface area contributed by atoms with Crippen LogP contribution in [0.5, 0.6) is 5.75 Å². The number of amides is 1. The van der Waals surface area contributed by atoms with Gasteiger partial charge in [-0.2, -0.15) is 0 Å². The second kappa shape index (κ2) is 4.97. The van der Waals surface area contributed by atoms with Crippen molar-refractivity contribution in [2.75, 3.05) is 11.1 Å². The van der Waals surface area contributed by atoms with Crippen LogP contribution in [0.2, 0.25) is 0 Å². The fraction of sp³-hybridized carbons (Fsp3) is 0.0714. The minimum atomic E-state index is -0.491. The zero-order valence-electron chi connectivity index (χ0n) is 10.3. The van der Waals surface area contributed by atoms with Gasteiger partial charge in [-0.1, -0.05) is 0 Å². The molecule has 0 saturated heterocycles. The van der Waals surface area contributed by atoms with E-state index in [1.807, 2.05) is 0 Å². The molecule has 19 heavy (non-hydrogen) atoms. The predicted octanol–water partition coefficient (Wildman–Crippen LogP) is 2.67. The second-order valence-electron chi connectivity index (χ2n) is 4.18. The number of anilines is 2. The molecular weight excluding hydrogens is 247 g/mol. The summed E-state index contributed by atoms with van der Waals surface area (Å²) in [5, 5.41) is 12.0. The van der Waals surface area contributed by atoms with Gasteiger partial charge < -0.3 is 16.2 Å². The number of halogens is 1. The molecule has 4 N–H and O–H groups in total. The third-order valence-electron chi connectivity index (χ3n) is 2.72. The van der Waals surface area contributed by atoms with Crippen molar-refractivity contribution >= 4 is 17.3 Å². The van der Waals surface area contributed by atoms with E-state index < -0.39 is 11.7 Å². The maximum absolute atomic E-state index is 12.9. The first kappa shape index (κ1) is 12.9. The lowest BCUT2D eigenvalue weighted by Crippen LogP contribution is -2.14. The average Bonchev–Trinajstić information content (AvgIpc) is 2.32. The Hall–Kier alpha value is -2.56. The number of nitrogens with two attached hydrogens (primary N) is 1. The van der Waals surface area contributed by atoms with Crippen LogP contribution in [-0.4, -0.2) is 11.0 Å². The molecule has 0 aromatic heterocycles. The van der Waals surface area contributed by atoms with E-state index in [1.165, 1.54) is 24.3 Å². The Morgan fingerprint density at radius 2 is 2.00 bits per heavy atom. The lowest BCUT2D eigenvalue weighted by atomic mass is 10.1. The van der Waals surface area contributed by atoms with Crippen LogP contribution in [0.25, 0.3) is 0 Å². The first-order valence-electron chi connectivity index (χ1n) is 5.63. The highest BCUT2D eigenvalue weighted by Gasteiger charge is 2.11. The summed E-state index contributed by atoms with van der Waals surface area (Å²) >= 11 is 0. The van der Waals surface area contributed by atoms with Crippen molar-refractivity contribution in [1.82, 2.24) is 0 Å². The third-order valence-corrected chi connectivity index (χ3v) is 2.72. The molecule has 0 atom stereocenters. The SMILES string of the molecule is Cc1cc(O)ccc1NC(=O)c1ccc(F)cc1N. The number of rotatable bonds is 2. The molecular formula is C14H13FN2O2. The summed E-state index contributed by atoms with van der Waals surface area (Å²) in [6, 6.07) is 8.19. The van der Waals surface area contributed by atoms with Crippen molar-refractivity contribution in [2.24, 2.45) is 0 Å². The molecule has 5 heteroatoms. The largest absolute Gasteiger partial charge is 0.508 e. The molecule has 98 valence electrons. The van der Waals surface area contributed by atoms with Gasteiger partial charge in [0.25, 0.3) is 5.91 Å². The van der Waals surface area contributed by atoms with E-state index >= 15 is 0 Å². The molecule has 2 aromatic rings. The monoisotopic (exact) mass is 260 g/mol. The lowest BCUT2D eigenvalue weighted by Gasteiger charge is -2.10. The molecule has 4 nitrogen and oxygen atoms in total. The van der Waals surface area contributed by atoms with Gasteiger partial charge in [0.1, 0.15) is 11.6 Å². The number of phenolic OH excluding ortho intramolecular Hbond substituents is 1. The van der Waals surface area contributed by atoms with Gasteiger partial charge in [0.2, 0.25) is 0 Å². The number of nitrogen functional groups attached to an aromatic ring is 1. The number of carbonyl (C=O) groups is 1. The van der Waals surface area contributed by atoms with Crippen molar-refractivity contribution in [3.63, 3.8) is 0 Å². The summed E-state index contributed by atoms with van der Waals surface area (Å²) in [6.07, 6.45) is 0. The number of hydrogen-bond donors (Lipinski definition) is 3. The van der Waals surface area contributed by atoms with E-state index in [4.69, 9.17) is 5.73 Å². The Morgan fingerprint density at radius 3 is 2.63 bits per heavy atom. The molecule has 0 aliphatic heterocycles. The number of aryl methyl sites for hydroxylation is 1. The van der Waals surface area contributed by atoms with Crippen LogP contribution in [0.3, 0.4) is 0 Å². The summed E-state index contributed by atoms with van der Waals surface area (Å²) in [7, 11) is 0. The van der Waals surface area contributed by atoms with Crippen molar-refractivity contribution in [3.05, 3.63) is 53.3 Å². The van der Waals surface area contributed by atoms with E-state index in [-0.39, 0.29) is 17.0 Å². The molecule has 0 unspecified atom stereocenters. The summed E-state index contributed by atoms with van der Waals surface area (Å²) < 4.78 is 12.9. The summed E-state index contributed by atoms with van der Waals surface area (Å²) in [5.74, 6) is -0.794. The Kier molecular flexibility index (Phi) is 3.37. The van der Waals surface area contributed by atoms with E-state index in [9.17, 15) is 14.3 Å². The number of benzene rings is 2. The molecule has 0 fully saturated rings. The molecule has 2 rings (SSSR count). The molecule has 0 heterocycles. The van der Waals surface area contributed by atoms with Crippen molar-refractivity contribution < 1.29 is 14.3 Å². The normalized spacial score (nSPS) is 10.2. The van der Waals surface area contributed by atoms with E-state index in [2.05, 4.69) is 5.32 Å². The summed E-state index contributed by atoms with van der Waals surface area (Å²) in [5.41, 5.74) is 7.16. The van der Waals surface area contributed by atoms with Crippen molar-refractivity contribution in [1.29, 1.82) is 0 Å². The molecule has 0 saturated carbocycles. The Morgan fingerprint density at radius 1 is 1.26 bits per heavy atom. The van der Waals surface area contributed by atoms with Gasteiger partial charge in [0, 0.05) is 11.4 Å². The molecule has 2 aromatic carbocycles. The number of nitrogens with one attached hydrogen (secondary N) is 1. The highest BCUT2D eigenvalue weighted by atomic mass is 19.1. The van der Waals surface area contributed by atoms with Crippen LogP contribution < -0.4 is 11.1 Å². The van der Waals surface area contributed by atoms with Crippen LogP contribution in [0, 0.1) is 12.7 Å². The quantitative estimate of drug-likeness (QED) is 0.574. The van der Waals surface area contributed by atoms with Gasteiger partial charge in [-0.25, -0.2) is 4.39 Å². The number of hydrogen-bond acceptors (Lipinski definition) is 3. The topological polar surface area (TPSA) is 75.3 Å². The summed E-state index contributed by atoms with van der Waals surface area (Å²) in [4.78, 5) is 12.0. The summed E-state index contributed by atoms with van der Waals surface area (Å²) in [6.45, 7) is 1.75. The van der Waals surface area contributed by atoms with Gasteiger partial charge in [0.05, 0.1) is 5.56 Å². The zero-order chi connectivity index (χ0) is 14.0. The van der Waals surface area contributed by atoms with Gasteiger partial charge in [-0.3, -0.25) is 4.79 Å². The second-order valence-corrected chi connectivity index (χ2v) is 4.18. The van der Waals surface area contributed by atoms with Crippen LogP contribution in [0.4, 0.5) is 15.8 Å². The van der Waals surface area contributed by atoms with Gasteiger partial charge in [-0.15, -0.1) is 0 Å². The van der Waals surface area contributed by atoms with Crippen LogP contribution >= 0.6 is 0 Å². The van der Waals surface area contributed by atoms with E-state index in [0.717, 1.165) is 6.07 Å². The molecule has 0 spiro atoms. The van der Waals surface area contributed by atoms with Crippen LogP contribution in [-0.2, 0) is 0 Å². The minimum absolute atomic E-state index is 0.0777. The van der Waals surface area contributed by atoms with Crippen molar-refractivity contribution in [3.8, 4) is 5.75 Å². The van der Waals surface area contributed by atoms with Crippen molar-refractivity contribution in [2.45, 2.75) is 6.92 Å². The maximum Gasteiger partial charge on any atom is 0.257 e. The number of carbonyl (C=O) groups excluding carboxylic acids is 1. The molecule has 0 bridgehead atoms. The average molecular weight is 260 g/mol. The standard InChI is InChI=1S/C14H13FN2O2/c1-8-6-10(18)3-5-13(8)17-14(19)11-4-2-9(15)7-12(11)16/h2-7,18H,16H2,1H3,(H,17,19). The van der Waals surface area contributed by atoms with Gasteiger partial charge >= 0.3 is 0 Å². The highest BCUT2D eigenvalue weighted by molar-refractivity contribution is 6.08.